The van der Waals surface area contributed by atoms with Crippen molar-refractivity contribution in [2.75, 3.05) is 46.3 Å². The van der Waals surface area contributed by atoms with Crippen molar-refractivity contribution >= 4 is 0 Å². The fourth-order valence-corrected chi connectivity index (χ4v) is 4.85. The number of nitrogens with zero attached hydrogens (tertiary/aromatic N) is 1. The van der Waals surface area contributed by atoms with Gasteiger partial charge < -0.3 is 25.7 Å². The highest BCUT2D eigenvalue weighted by molar-refractivity contribution is 4.93. The van der Waals surface area contributed by atoms with Gasteiger partial charge >= 0.3 is 0 Å². The monoisotopic (exact) mass is 590 g/mol. The number of likely N-dealkylation sites (N-methyl/N-ethyl adjacent to an activating group) is 1. The zero-order valence-electron chi connectivity index (χ0n) is 28.1. The molecule has 4 N–H and O–H groups in total. The van der Waals surface area contributed by atoms with E-state index in [1.165, 1.54) is 64.2 Å². The van der Waals surface area contributed by atoms with Crippen LogP contribution in [0.15, 0.2) is 48.6 Å². The molecule has 2 atom stereocenters. The molecule has 0 amide bonds. The molecule has 5 heteroatoms. The highest BCUT2D eigenvalue weighted by Crippen LogP contribution is 2.10. The summed E-state index contributed by atoms with van der Waals surface area (Å²) in [5.74, 6) is 0. The SMILES string of the molecule is CC/C=C\C/C=C\CCCCCCCC(O)CNCCN(C)CCNCC(O)CCCCCCC/C=C\C/C=C\CC. The number of aliphatic hydroxyl groups is 2. The third kappa shape index (κ3) is 33.3. The molecule has 0 aromatic heterocycles. The number of aliphatic hydroxyl groups excluding tert-OH is 2. The molecule has 0 fully saturated rings. The summed E-state index contributed by atoms with van der Waals surface area (Å²) in [6.45, 7) is 9.42. The van der Waals surface area contributed by atoms with Gasteiger partial charge in [-0.05, 0) is 71.3 Å². The summed E-state index contributed by atoms with van der Waals surface area (Å²) in [6.07, 6.45) is 38.5. The van der Waals surface area contributed by atoms with E-state index in [4.69, 9.17) is 0 Å². The van der Waals surface area contributed by atoms with Gasteiger partial charge in [0.2, 0.25) is 0 Å². The van der Waals surface area contributed by atoms with Crippen molar-refractivity contribution in [3.05, 3.63) is 48.6 Å². The van der Waals surface area contributed by atoms with Gasteiger partial charge in [0, 0.05) is 39.3 Å². The summed E-state index contributed by atoms with van der Waals surface area (Å²) in [6, 6.07) is 0. The molecule has 0 heterocycles. The fraction of sp³-hybridized carbons (Fsp3) is 0.784. The van der Waals surface area contributed by atoms with Crippen LogP contribution in [0.4, 0.5) is 0 Å². The predicted octanol–water partition coefficient (Wildman–Crippen LogP) is 8.11. The first-order valence-electron chi connectivity index (χ1n) is 17.7. The van der Waals surface area contributed by atoms with Crippen LogP contribution < -0.4 is 10.6 Å². The van der Waals surface area contributed by atoms with E-state index in [-0.39, 0.29) is 12.2 Å². The van der Waals surface area contributed by atoms with Gasteiger partial charge in [0.1, 0.15) is 0 Å². The second kappa shape index (κ2) is 34.3. The maximum Gasteiger partial charge on any atom is 0.0664 e. The van der Waals surface area contributed by atoms with Crippen LogP contribution in [0, 0.1) is 0 Å². The number of allylic oxidation sites excluding steroid dienone is 8. The van der Waals surface area contributed by atoms with Gasteiger partial charge in [-0.1, -0.05) is 114 Å². The number of nitrogens with one attached hydrogen (secondary N) is 2. The van der Waals surface area contributed by atoms with Crippen LogP contribution in [0.5, 0.6) is 0 Å². The minimum Gasteiger partial charge on any atom is -0.392 e. The van der Waals surface area contributed by atoms with Crippen molar-refractivity contribution < 1.29 is 10.2 Å². The van der Waals surface area contributed by atoms with Gasteiger partial charge in [-0.25, -0.2) is 0 Å². The van der Waals surface area contributed by atoms with E-state index in [1.807, 2.05) is 0 Å². The molecule has 42 heavy (non-hydrogen) atoms. The van der Waals surface area contributed by atoms with Crippen LogP contribution in [0.25, 0.3) is 0 Å². The van der Waals surface area contributed by atoms with Crippen LogP contribution in [0.2, 0.25) is 0 Å². The Kier molecular flexibility index (Phi) is 33.2. The van der Waals surface area contributed by atoms with E-state index in [2.05, 4.69) is 85.0 Å². The summed E-state index contributed by atoms with van der Waals surface area (Å²) in [4.78, 5) is 2.30. The smallest absolute Gasteiger partial charge is 0.0664 e. The van der Waals surface area contributed by atoms with Crippen LogP contribution >= 0.6 is 0 Å². The highest BCUT2D eigenvalue weighted by atomic mass is 16.3. The Morgan fingerprint density at radius 1 is 0.524 bits per heavy atom. The molecule has 246 valence electrons. The van der Waals surface area contributed by atoms with Gasteiger partial charge in [-0.2, -0.15) is 0 Å². The van der Waals surface area contributed by atoms with Gasteiger partial charge in [0.15, 0.2) is 0 Å². The van der Waals surface area contributed by atoms with Crippen molar-refractivity contribution in [2.24, 2.45) is 0 Å². The first-order chi connectivity index (χ1) is 20.6. The van der Waals surface area contributed by atoms with E-state index in [1.54, 1.807) is 0 Å². The Balaban J connectivity index is 3.44. The van der Waals surface area contributed by atoms with Crippen LogP contribution in [0.1, 0.15) is 129 Å². The van der Waals surface area contributed by atoms with Crippen molar-refractivity contribution in [1.29, 1.82) is 0 Å². The van der Waals surface area contributed by atoms with E-state index in [9.17, 15) is 10.2 Å². The molecular weight excluding hydrogens is 518 g/mol. The molecule has 0 aliphatic rings. The Morgan fingerprint density at radius 3 is 1.33 bits per heavy atom. The molecule has 2 unspecified atom stereocenters. The van der Waals surface area contributed by atoms with E-state index < -0.39 is 0 Å². The normalized spacial score (nSPS) is 14.0. The molecule has 0 rings (SSSR count). The second-order valence-corrected chi connectivity index (χ2v) is 11.9. The lowest BCUT2D eigenvalue weighted by Crippen LogP contribution is -2.38. The Bertz CT molecular complexity index is 593. The van der Waals surface area contributed by atoms with Crippen LogP contribution in [0.3, 0.4) is 0 Å². The quantitative estimate of drug-likeness (QED) is 0.0471. The highest BCUT2D eigenvalue weighted by Gasteiger charge is 2.06. The average Bonchev–Trinajstić information content (AvgIpc) is 2.98. The van der Waals surface area contributed by atoms with Gasteiger partial charge in [-0.15, -0.1) is 0 Å². The van der Waals surface area contributed by atoms with Crippen molar-refractivity contribution in [2.45, 2.75) is 142 Å². The van der Waals surface area contributed by atoms with Gasteiger partial charge in [0.05, 0.1) is 12.2 Å². The molecule has 0 radical (unpaired) electrons. The number of hydrogen-bond donors (Lipinski definition) is 4. The summed E-state index contributed by atoms with van der Waals surface area (Å²) in [7, 11) is 2.13. The third-order valence-corrected chi connectivity index (χ3v) is 7.60. The molecule has 0 aromatic rings. The minimum atomic E-state index is -0.238. The molecular formula is C37H71N3O2. The Hall–Kier alpha value is -1.24. The lowest BCUT2D eigenvalue weighted by Gasteiger charge is -2.19. The van der Waals surface area contributed by atoms with Crippen molar-refractivity contribution in [1.82, 2.24) is 15.5 Å². The Labute approximate surface area is 262 Å². The van der Waals surface area contributed by atoms with Crippen LogP contribution in [-0.4, -0.2) is 73.6 Å². The molecule has 0 saturated carbocycles. The number of hydrogen-bond acceptors (Lipinski definition) is 5. The predicted molar refractivity (Wildman–Crippen MR) is 186 cm³/mol. The summed E-state index contributed by atoms with van der Waals surface area (Å²) in [5.41, 5.74) is 0. The van der Waals surface area contributed by atoms with E-state index in [0.29, 0.717) is 13.1 Å². The molecule has 0 aliphatic carbocycles. The molecule has 5 nitrogen and oxygen atoms in total. The summed E-state index contributed by atoms with van der Waals surface area (Å²) < 4.78 is 0. The van der Waals surface area contributed by atoms with E-state index in [0.717, 1.165) is 77.5 Å². The minimum absolute atomic E-state index is 0.238. The second-order valence-electron chi connectivity index (χ2n) is 11.9. The molecule has 0 aliphatic heterocycles. The fourth-order valence-electron chi connectivity index (χ4n) is 4.85. The first-order valence-corrected chi connectivity index (χ1v) is 17.7. The molecule has 0 spiro atoms. The number of unbranched alkanes of at least 4 members (excludes halogenated alkanes) is 10. The summed E-state index contributed by atoms with van der Waals surface area (Å²) >= 11 is 0. The summed E-state index contributed by atoms with van der Waals surface area (Å²) in [5, 5.41) is 27.3. The molecule has 0 aromatic carbocycles. The zero-order valence-corrected chi connectivity index (χ0v) is 28.1. The van der Waals surface area contributed by atoms with Crippen molar-refractivity contribution in [3.8, 4) is 0 Å². The first kappa shape index (κ1) is 40.8. The Morgan fingerprint density at radius 2 is 0.905 bits per heavy atom. The number of rotatable bonds is 32. The zero-order chi connectivity index (χ0) is 30.8. The molecule has 0 bridgehead atoms. The standard InChI is InChI=1S/C37H71N3O2/c1-4-6-8-10-12-14-16-18-20-22-24-26-28-36(41)34-38-30-32-40(3)33-31-39-35-37(42)29-27-25-23-21-19-17-15-13-11-9-7-5-2/h6-9,12-15,36-39,41-42H,4-5,10-11,16-35H2,1-3H3/b8-6-,9-7-,14-12-,15-13-. The van der Waals surface area contributed by atoms with Crippen LogP contribution in [-0.2, 0) is 0 Å². The largest absolute Gasteiger partial charge is 0.392 e. The van der Waals surface area contributed by atoms with Crippen molar-refractivity contribution in [3.63, 3.8) is 0 Å². The van der Waals surface area contributed by atoms with E-state index >= 15 is 0 Å². The van der Waals surface area contributed by atoms with Gasteiger partial charge in [0.25, 0.3) is 0 Å². The molecule has 0 saturated heterocycles. The maximum atomic E-state index is 10.2. The lowest BCUT2D eigenvalue weighted by molar-refractivity contribution is 0.154. The van der Waals surface area contributed by atoms with Gasteiger partial charge in [-0.3, -0.25) is 0 Å². The third-order valence-electron chi connectivity index (χ3n) is 7.60. The maximum absolute atomic E-state index is 10.2. The lowest BCUT2D eigenvalue weighted by atomic mass is 10.1. The average molecular weight is 590 g/mol. The topological polar surface area (TPSA) is 67.8 Å².